The number of nitrogens with one attached hydrogen (secondary N) is 1. The first kappa shape index (κ1) is 113. The summed E-state index contributed by atoms with van der Waals surface area (Å²) in [5.41, 5.74) is 0. The topological polar surface area (TPSA) is 979 Å². The van der Waals surface area contributed by atoms with Crippen LogP contribution in [0.25, 0.3) is 0 Å². The van der Waals surface area contributed by atoms with Crippen molar-refractivity contribution in [1.82, 2.24) is 5.32 Å². The molecule has 12 aliphatic rings. The van der Waals surface area contributed by atoms with Crippen LogP contribution >= 0.6 is 0 Å². The summed E-state index contributed by atoms with van der Waals surface area (Å²) in [4.78, 5) is 13.6. The molecule has 798 valence electrons. The van der Waals surface area contributed by atoms with E-state index < -0.39 is 454 Å². The Morgan fingerprint density at radius 3 is 0.679 bits per heavy atom. The zero-order valence-electron chi connectivity index (χ0n) is 72.4. The molecular formula is C75H127NO61. The Bertz CT molecular complexity index is 3620. The van der Waals surface area contributed by atoms with Gasteiger partial charge in [0.15, 0.2) is 75.5 Å². The van der Waals surface area contributed by atoms with Crippen LogP contribution in [0, 0.1) is 0 Å². The first-order valence-corrected chi connectivity index (χ1v) is 43.6. The molecule has 1 amide bonds. The molecule has 0 aromatic carbocycles. The van der Waals surface area contributed by atoms with Crippen molar-refractivity contribution >= 4 is 5.91 Å². The fourth-order valence-corrected chi connectivity index (χ4v) is 18.0. The third-order valence-corrected chi connectivity index (χ3v) is 25.8. The van der Waals surface area contributed by atoms with E-state index in [0.717, 1.165) is 14.0 Å². The first-order chi connectivity index (χ1) is 65.1. The van der Waals surface area contributed by atoms with Gasteiger partial charge in [-0.2, -0.15) is 0 Å². The predicted molar refractivity (Wildman–Crippen MR) is 411 cm³/mol. The van der Waals surface area contributed by atoms with Crippen molar-refractivity contribution in [3.63, 3.8) is 0 Å². The summed E-state index contributed by atoms with van der Waals surface area (Å²) in [5, 5.41) is 405. The highest BCUT2D eigenvalue weighted by Gasteiger charge is 2.64. The normalized spacial score (nSPS) is 52.5. The molecule has 12 heterocycles. The zero-order chi connectivity index (χ0) is 100. The van der Waals surface area contributed by atoms with Gasteiger partial charge in [0.25, 0.3) is 0 Å². The molecule has 62 nitrogen and oxygen atoms in total. The largest absolute Gasteiger partial charge is 0.394 e. The van der Waals surface area contributed by atoms with Crippen molar-refractivity contribution < 1.29 is 302 Å². The highest BCUT2D eigenvalue weighted by molar-refractivity contribution is 5.73. The third-order valence-electron chi connectivity index (χ3n) is 25.8. The average Bonchev–Trinajstić information content (AvgIpc) is 0.739. The zero-order valence-corrected chi connectivity index (χ0v) is 72.4. The van der Waals surface area contributed by atoms with Gasteiger partial charge in [0.1, 0.15) is 293 Å². The Kier molecular flexibility index (Phi) is 40.6. The molecule has 12 rings (SSSR count). The maximum absolute atomic E-state index is 13.6. The van der Waals surface area contributed by atoms with E-state index in [1.165, 1.54) is 0 Å². The second-order valence-electron chi connectivity index (χ2n) is 34.5. The summed E-state index contributed by atoms with van der Waals surface area (Å²) >= 11 is 0. The predicted octanol–water partition coefficient (Wildman–Crippen LogP) is -26.4. The molecule has 0 aromatic heterocycles. The van der Waals surface area contributed by atoms with Gasteiger partial charge in [0, 0.05) is 14.0 Å². The number of carbonyl (C=O) groups excluding carboxylic acids is 1. The van der Waals surface area contributed by atoms with Crippen molar-refractivity contribution in [2.24, 2.45) is 0 Å². The highest BCUT2D eigenvalue weighted by atomic mass is 16.8. The van der Waals surface area contributed by atoms with Crippen LogP contribution in [0.4, 0.5) is 0 Å². The van der Waals surface area contributed by atoms with Gasteiger partial charge in [-0.15, -0.1) is 0 Å². The summed E-state index contributed by atoms with van der Waals surface area (Å²) in [5.74, 6) is -1.10. The van der Waals surface area contributed by atoms with E-state index in [4.69, 9.17) is 114 Å². The van der Waals surface area contributed by atoms with Crippen molar-refractivity contribution in [3.05, 3.63) is 0 Å². The van der Waals surface area contributed by atoms with Crippen LogP contribution in [0.2, 0.25) is 0 Å². The number of hydrogen-bond acceptors (Lipinski definition) is 61. The maximum atomic E-state index is 13.6. The number of ether oxygens (including phenoxy) is 24. The van der Waals surface area contributed by atoms with E-state index in [0.29, 0.717) is 0 Å². The number of rotatable bonds is 36. The molecule has 0 spiro atoms. The van der Waals surface area contributed by atoms with E-state index >= 15 is 0 Å². The highest BCUT2D eigenvalue weighted by Crippen LogP contribution is 2.44. The van der Waals surface area contributed by atoms with E-state index in [1.807, 2.05) is 0 Å². The molecule has 137 heavy (non-hydrogen) atoms. The lowest BCUT2D eigenvalue weighted by Gasteiger charge is -2.52. The molecule has 0 bridgehead atoms. The summed E-state index contributed by atoms with van der Waals surface area (Å²) < 4.78 is 140. The maximum Gasteiger partial charge on any atom is 0.217 e. The van der Waals surface area contributed by atoms with Crippen LogP contribution in [-0.4, -0.2) is 645 Å². The molecule has 60 atom stereocenters. The second kappa shape index (κ2) is 49.3. The minimum Gasteiger partial charge on any atom is -0.394 e. The number of methoxy groups -OCH3 is 1. The van der Waals surface area contributed by atoms with Gasteiger partial charge in [-0.05, 0) is 0 Å². The molecule has 12 fully saturated rings. The molecule has 0 aromatic rings. The Balaban J connectivity index is 0.783. The van der Waals surface area contributed by atoms with Crippen molar-refractivity contribution in [3.8, 4) is 0 Å². The van der Waals surface area contributed by atoms with E-state index in [9.17, 15) is 189 Å². The lowest BCUT2D eigenvalue weighted by Crippen LogP contribution is -2.71. The third kappa shape index (κ3) is 23.6. The van der Waals surface area contributed by atoms with Gasteiger partial charge >= 0.3 is 0 Å². The molecule has 0 aliphatic carbocycles. The van der Waals surface area contributed by atoms with Gasteiger partial charge in [0.2, 0.25) is 5.91 Å². The molecular weight excluding hydrogens is 1890 g/mol. The molecule has 12 aliphatic heterocycles. The molecule has 0 saturated carbocycles. The van der Waals surface area contributed by atoms with Crippen molar-refractivity contribution in [2.75, 3.05) is 86.4 Å². The minimum atomic E-state index is -2.59. The molecule has 0 unspecified atom stereocenters. The van der Waals surface area contributed by atoms with Crippen LogP contribution < -0.4 is 5.32 Å². The number of amides is 1. The Morgan fingerprint density at radius 1 is 0.190 bits per heavy atom. The van der Waals surface area contributed by atoms with Gasteiger partial charge in [0.05, 0.1) is 79.3 Å². The minimum absolute atomic E-state index is 0.847. The SMILES string of the molecule is CO[C@@H]1[C@H](O)[C@@H](O[C@@H]2[C@@H](O[C@@H]3[C@@H](O[C@@H]4[C@H](O)[C@@H](O[C@@H]5[C@H](O)[C@@H](O[C@@H]6[C@H](O)[C@@H](O[C@@H]7[C@H](O)[C@@H](O[C@H]8[C@H](O)[C@@H](CO)O[C@H](O[C@@H]9[C@H](O[C@@H]%10[C@@H](O)[C@@H](O)O[C@H](CO)[C@@H]%10O)O[C@H](CO)[C@@H](O)[C@@H]9O[C@H]9O[C@H](CO)[C@H](O)[C@H](O[C@@H]%10O[C@H](CO)[C@@H](O)[C@H](O)[C@H]%10O)[C@H]9O)[C@@H]8NC(C)=O)O[C@H](CO)[C@H]7O)O[C@H](CO)[C@H]6O)O[C@H](CO)[C@H]5O)O[C@H](CO)[C@H]4O)O[C@H](CO)[C@@H](O)[C@@H]3O)O[C@H](CO)[C@@H](O)[C@@H]2O)O[C@H](CO)[C@H]1O. The molecule has 12 saturated heterocycles. The van der Waals surface area contributed by atoms with Crippen LogP contribution in [0.15, 0.2) is 0 Å². The summed E-state index contributed by atoms with van der Waals surface area (Å²) in [6, 6.07) is -2.19. The molecule has 0 radical (unpaired) electrons. The Labute approximate surface area is 773 Å². The number of hydrogen-bond donors (Lipinski definition) is 37. The Hall–Kier alpha value is -2.93. The average molecular weight is 2020 g/mol. The summed E-state index contributed by atoms with van der Waals surface area (Å²) in [7, 11) is 1.06. The standard InChI is InChI=1S/C75H127NO61/c1-15(89)76-28-52(32(93)20(7-81)116-65(28)137-63-60(40(101)27(14-88)126-75(63)132-54-34(95)19(6-80)115-64(113)45(54)106)134-72-50(111)55(35(96)25(12-86)123-72)128-66-44(105)41(102)29(90)16(3-77)117-66)127-68-47(108)56(36(97)22(9-83)119-68)129-69-48(109)57(37(98)23(10-84)120-69)130-70-49(110)58(38(99)24(11-85)121-70)131-71-51(112)59(39(100)26(13-87)122-71)133-73-62(43(104)31(92)17(4-78)124-73)136-74-61(42(103)30(91)18(5-79)125-74)135-67-46(107)53(114-2)33(94)21(8-82)118-67/h16-75,77-88,90-113H,3-14H2,1-2H3,(H,76,89)/t16-,17-,18-,19-,20-,21-,22-,23-,24-,25-,26-,27-,28-,29-,30-,31-,32-,33-,34+,35+,36-,37-,38-,39-,40-,41+,42+,43+,44-,45-,46+,47+,48+,49+,50-,51+,52-,53+,54+,55+,56+,57+,58+,59+,60+,61+,62+,63+,64+,65-,66+,67-,68-,69-,70-,71-,72-,73-,74-,75+/m1/s1. The number of aliphatic hydroxyl groups excluding tert-OH is 36. The second-order valence-corrected chi connectivity index (χ2v) is 34.5. The van der Waals surface area contributed by atoms with Gasteiger partial charge in [-0.1, -0.05) is 0 Å². The monoisotopic (exact) mass is 2020 g/mol. The molecule has 62 heteroatoms. The Morgan fingerprint density at radius 2 is 0.380 bits per heavy atom. The first-order valence-electron chi connectivity index (χ1n) is 43.6. The smallest absolute Gasteiger partial charge is 0.217 e. The van der Waals surface area contributed by atoms with Crippen molar-refractivity contribution in [1.29, 1.82) is 0 Å². The number of carbonyl (C=O) groups is 1. The summed E-state index contributed by atoms with van der Waals surface area (Å²) in [6.07, 6.45) is -130. The van der Waals surface area contributed by atoms with E-state index in [2.05, 4.69) is 5.32 Å². The van der Waals surface area contributed by atoms with Gasteiger partial charge in [-0.3, -0.25) is 4.79 Å². The van der Waals surface area contributed by atoms with E-state index in [1.54, 1.807) is 0 Å². The van der Waals surface area contributed by atoms with Crippen LogP contribution in [0.1, 0.15) is 6.92 Å². The van der Waals surface area contributed by atoms with E-state index in [-0.39, 0.29) is 0 Å². The van der Waals surface area contributed by atoms with Crippen LogP contribution in [0.3, 0.4) is 0 Å². The van der Waals surface area contributed by atoms with Crippen LogP contribution in [-0.2, 0) is 118 Å². The van der Waals surface area contributed by atoms with Crippen LogP contribution in [0.5, 0.6) is 0 Å². The fraction of sp³-hybridized carbons (Fsp3) is 0.987. The molecule has 37 N–H and O–H groups in total. The van der Waals surface area contributed by atoms with Gasteiger partial charge in [-0.25, -0.2) is 0 Å². The fourth-order valence-electron chi connectivity index (χ4n) is 18.0. The quantitative estimate of drug-likeness (QED) is 0.0277. The lowest BCUT2D eigenvalue weighted by atomic mass is 9.94. The summed E-state index contributed by atoms with van der Waals surface area (Å²) in [6.45, 7) is -13.1. The van der Waals surface area contributed by atoms with Gasteiger partial charge < -0.3 is 303 Å². The van der Waals surface area contributed by atoms with Crippen molar-refractivity contribution in [2.45, 2.75) is 375 Å². The number of aliphatic hydroxyl groups is 36. The lowest BCUT2D eigenvalue weighted by molar-refractivity contribution is -0.410.